The Balaban J connectivity index is 0.00000245. The normalized spacial score (nSPS) is 15.5. The van der Waals surface area contributed by atoms with Gasteiger partial charge in [-0.15, -0.1) is 0 Å². The molecule has 0 aliphatic carbocycles. The van der Waals surface area contributed by atoms with E-state index in [1.165, 1.54) is 117 Å². The lowest BCUT2D eigenvalue weighted by Crippen LogP contribution is -3.00. The number of rotatable bonds is 10. The van der Waals surface area contributed by atoms with Gasteiger partial charge in [-0.2, -0.15) is 4.57 Å². The van der Waals surface area contributed by atoms with Crippen LogP contribution in [0.5, 0.6) is 0 Å². The molecule has 0 saturated carbocycles. The number of hydrogen-bond acceptors (Lipinski definition) is 2. The van der Waals surface area contributed by atoms with Crippen LogP contribution >= 0.6 is 0 Å². The molecular weight excluding hydrogens is 505 g/mol. The van der Waals surface area contributed by atoms with Crippen LogP contribution in [0.1, 0.15) is 64.7 Å². The number of fused-ring (bicyclic) bond motifs is 2. The minimum absolute atomic E-state index is 0. The number of nitrogens with zero attached hydrogens (tertiary/aromatic N) is 3. The van der Waals surface area contributed by atoms with Gasteiger partial charge in [0.15, 0.2) is 0 Å². The van der Waals surface area contributed by atoms with E-state index in [0.717, 1.165) is 6.54 Å². The molecule has 172 valence electrons. The number of halogens is 1. The quantitative estimate of drug-likeness (QED) is 0.168. The predicted octanol–water partition coefficient (Wildman–Crippen LogP) is 3.46. The topological polar surface area (TPSA) is 10.4 Å². The van der Waals surface area contributed by atoms with E-state index in [0.29, 0.717) is 0 Å². The van der Waals surface area contributed by atoms with E-state index in [1.54, 1.807) is 0 Å². The molecule has 0 bridgehead atoms. The van der Waals surface area contributed by atoms with E-state index in [-0.39, 0.29) is 24.0 Å². The monoisotopic (exact) mass is 543 g/mol. The van der Waals surface area contributed by atoms with Crippen molar-refractivity contribution in [2.75, 3.05) is 36.0 Å². The standard InChI is InChI=1S/C28H38N3.HI/c1-2-3-4-5-6-7-8-19-31-27-21-25(29-15-9-16-29)13-11-23(27)20-24-12-14-26(22-28(24)31)30-17-10-18-30;/h11-14,20-22H,2-10,15-19H2,1H3;1H/q+1;/p-1. The van der Waals surface area contributed by atoms with E-state index in [4.69, 9.17) is 0 Å². The first kappa shape index (κ1) is 23.6. The molecule has 0 spiro atoms. The van der Waals surface area contributed by atoms with Crippen molar-refractivity contribution in [2.24, 2.45) is 0 Å². The molecule has 0 N–H and O–H groups in total. The van der Waals surface area contributed by atoms with Gasteiger partial charge in [0, 0.05) is 66.9 Å². The number of benzene rings is 2. The SMILES string of the molecule is CCCCCCCCC[n+]1c2cc(N3CCC3)ccc2cc2ccc(N3CCC3)cc21.[I-]. The highest BCUT2D eigenvalue weighted by Crippen LogP contribution is 2.29. The molecule has 5 rings (SSSR count). The zero-order valence-electron chi connectivity index (χ0n) is 19.7. The van der Waals surface area contributed by atoms with Gasteiger partial charge in [-0.05, 0) is 49.6 Å². The molecule has 2 saturated heterocycles. The van der Waals surface area contributed by atoms with Gasteiger partial charge in [0.2, 0.25) is 11.0 Å². The molecule has 3 nitrogen and oxygen atoms in total. The summed E-state index contributed by atoms with van der Waals surface area (Å²) >= 11 is 0. The van der Waals surface area contributed by atoms with Crippen molar-refractivity contribution in [1.82, 2.24) is 0 Å². The average Bonchev–Trinajstić information content (AvgIpc) is 2.70. The number of hydrogen-bond donors (Lipinski definition) is 0. The van der Waals surface area contributed by atoms with Crippen LogP contribution in [0.25, 0.3) is 21.8 Å². The summed E-state index contributed by atoms with van der Waals surface area (Å²) in [5, 5.41) is 2.74. The molecule has 2 fully saturated rings. The number of unbranched alkanes of at least 4 members (excludes halogenated alkanes) is 6. The molecule has 2 aliphatic heterocycles. The summed E-state index contributed by atoms with van der Waals surface area (Å²) < 4.78 is 2.63. The molecule has 3 aromatic rings. The fourth-order valence-corrected chi connectivity index (χ4v) is 5.08. The summed E-state index contributed by atoms with van der Waals surface area (Å²) in [5.74, 6) is 0. The van der Waals surface area contributed by atoms with Crippen LogP contribution in [0.3, 0.4) is 0 Å². The fraction of sp³-hybridized carbons (Fsp3) is 0.536. The van der Waals surface area contributed by atoms with Gasteiger partial charge < -0.3 is 33.8 Å². The second-order valence-corrected chi connectivity index (χ2v) is 9.58. The van der Waals surface area contributed by atoms with Gasteiger partial charge in [0.05, 0.1) is 0 Å². The summed E-state index contributed by atoms with van der Waals surface area (Å²) in [6.07, 6.45) is 12.2. The highest BCUT2D eigenvalue weighted by atomic mass is 127. The second kappa shape index (κ2) is 11.0. The predicted molar refractivity (Wildman–Crippen MR) is 133 cm³/mol. The van der Waals surface area contributed by atoms with Crippen LogP contribution in [0.15, 0.2) is 42.5 Å². The minimum atomic E-state index is 0. The van der Waals surface area contributed by atoms with Crippen molar-refractivity contribution in [3.05, 3.63) is 42.5 Å². The highest BCUT2D eigenvalue weighted by Gasteiger charge is 2.22. The van der Waals surface area contributed by atoms with Crippen molar-refractivity contribution in [3.8, 4) is 0 Å². The number of anilines is 2. The maximum Gasteiger partial charge on any atom is 0.215 e. The molecule has 0 amide bonds. The molecule has 2 aliphatic rings. The molecule has 0 atom stereocenters. The van der Waals surface area contributed by atoms with Crippen molar-refractivity contribution < 1.29 is 28.5 Å². The van der Waals surface area contributed by atoms with E-state index in [9.17, 15) is 0 Å². The summed E-state index contributed by atoms with van der Waals surface area (Å²) in [4.78, 5) is 5.02. The van der Waals surface area contributed by atoms with Crippen LogP contribution in [0.2, 0.25) is 0 Å². The first-order chi connectivity index (χ1) is 15.3. The van der Waals surface area contributed by atoms with Crippen molar-refractivity contribution in [1.29, 1.82) is 0 Å². The Kier molecular flexibility index (Phi) is 8.14. The highest BCUT2D eigenvalue weighted by molar-refractivity contribution is 5.91. The zero-order valence-corrected chi connectivity index (χ0v) is 21.8. The Bertz CT molecular complexity index is 968. The van der Waals surface area contributed by atoms with Crippen LogP contribution in [-0.2, 0) is 6.54 Å². The number of aryl methyl sites for hydroxylation is 1. The summed E-state index contributed by atoms with van der Waals surface area (Å²) in [5.41, 5.74) is 5.60. The maximum absolute atomic E-state index is 2.63. The summed E-state index contributed by atoms with van der Waals surface area (Å²) in [7, 11) is 0. The first-order valence-electron chi connectivity index (χ1n) is 12.7. The molecular formula is C28H38IN3. The molecule has 3 heterocycles. The molecule has 32 heavy (non-hydrogen) atoms. The van der Waals surface area contributed by atoms with Crippen molar-refractivity contribution in [3.63, 3.8) is 0 Å². The Morgan fingerprint density at radius 1 is 0.656 bits per heavy atom. The van der Waals surface area contributed by atoms with E-state index >= 15 is 0 Å². The largest absolute Gasteiger partial charge is 1.00 e. The van der Waals surface area contributed by atoms with Gasteiger partial charge in [-0.1, -0.05) is 39.0 Å². The minimum Gasteiger partial charge on any atom is -1.00 e. The van der Waals surface area contributed by atoms with Crippen molar-refractivity contribution >= 4 is 33.2 Å². The smallest absolute Gasteiger partial charge is 0.215 e. The third kappa shape index (κ3) is 5.00. The van der Waals surface area contributed by atoms with Gasteiger partial charge >= 0.3 is 0 Å². The van der Waals surface area contributed by atoms with Gasteiger partial charge in [-0.25, -0.2) is 0 Å². The molecule has 2 aromatic carbocycles. The summed E-state index contributed by atoms with van der Waals surface area (Å²) in [6, 6.07) is 16.6. The second-order valence-electron chi connectivity index (χ2n) is 9.58. The lowest BCUT2D eigenvalue weighted by molar-refractivity contribution is -0.645. The average molecular weight is 544 g/mol. The van der Waals surface area contributed by atoms with Crippen LogP contribution in [0.4, 0.5) is 11.4 Å². The Morgan fingerprint density at radius 3 is 1.62 bits per heavy atom. The van der Waals surface area contributed by atoms with E-state index in [2.05, 4.69) is 63.8 Å². The van der Waals surface area contributed by atoms with Crippen LogP contribution in [0, 0.1) is 0 Å². The Labute approximate surface area is 210 Å². The van der Waals surface area contributed by atoms with E-state index in [1.807, 2.05) is 0 Å². The summed E-state index contributed by atoms with van der Waals surface area (Å²) in [6.45, 7) is 8.23. The lowest BCUT2D eigenvalue weighted by atomic mass is 10.1. The lowest BCUT2D eigenvalue weighted by Gasteiger charge is -2.33. The van der Waals surface area contributed by atoms with Crippen molar-refractivity contribution in [2.45, 2.75) is 71.3 Å². The third-order valence-electron chi connectivity index (χ3n) is 7.35. The first-order valence-corrected chi connectivity index (χ1v) is 12.7. The fourth-order valence-electron chi connectivity index (χ4n) is 5.08. The molecule has 0 radical (unpaired) electrons. The van der Waals surface area contributed by atoms with Crippen LogP contribution < -0.4 is 38.3 Å². The third-order valence-corrected chi connectivity index (χ3v) is 7.35. The van der Waals surface area contributed by atoms with Gasteiger partial charge in [-0.3, -0.25) is 0 Å². The number of aromatic nitrogens is 1. The number of pyridine rings is 1. The zero-order chi connectivity index (χ0) is 21.0. The maximum atomic E-state index is 2.63. The molecule has 1 aromatic heterocycles. The Morgan fingerprint density at radius 2 is 1.16 bits per heavy atom. The van der Waals surface area contributed by atoms with Gasteiger partial charge in [0.1, 0.15) is 6.54 Å². The molecule has 4 heteroatoms. The van der Waals surface area contributed by atoms with Gasteiger partial charge in [0.25, 0.3) is 0 Å². The van der Waals surface area contributed by atoms with E-state index < -0.39 is 0 Å². The Hall–Kier alpha value is -1.56. The van der Waals surface area contributed by atoms with Crippen LogP contribution in [-0.4, -0.2) is 26.2 Å². The molecule has 0 unspecified atom stereocenters.